The molecule has 1 atom stereocenters. The standard InChI is InChI=1S/C18H27F4NO4S/c1-13(23-28(24,25)10-6-9-26-12-17(2,3)4)14-7-5-8-15(11-14)27-18(21,22)16(19)20/h5,7-8,11,13,16,23H,6,9-10,12H2,1-4H3/t13-/m1/s1. The molecule has 28 heavy (non-hydrogen) atoms. The number of hydrogen-bond donors (Lipinski definition) is 1. The zero-order valence-electron chi connectivity index (χ0n) is 16.3. The molecule has 0 aliphatic carbocycles. The van der Waals surface area contributed by atoms with Gasteiger partial charge in [-0.15, -0.1) is 0 Å². The molecule has 0 bridgehead atoms. The van der Waals surface area contributed by atoms with Crippen LogP contribution >= 0.6 is 0 Å². The molecule has 1 rings (SSSR count). The zero-order valence-corrected chi connectivity index (χ0v) is 17.2. The lowest BCUT2D eigenvalue weighted by Crippen LogP contribution is -2.33. The maximum atomic E-state index is 13.0. The van der Waals surface area contributed by atoms with E-state index in [-0.39, 0.29) is 11.2 Å². The van der Waals surface area contributed by atoms with Gasteiger partial charge >= 0.3 is 12.5 Å². The molecule has 1 aromatic carbocycles. The Hall–Kier alpha value is -1.39. The van der Waals surface area contributed by atoms with Crippen LogP contribution in [-0.4, -0.2) is 39.9 Å². The Morgan fingerprint density at radius 2 is 1.82 bits per heavy atom. The zero-order chi connectivity index (χ0) is 21.6. The van der Waals surface area contributed by atoms with E-state index in [1.54, 1.807) is 0 Å². The van der Waals surface area contributed by atoms with E-state index in [2.05, 4.69) is 9.46 Å². The van der Waals surface area contributed by atoms with Crippen molar-refractivity contribution >= 4 is 10.0 Å². The van der Waals surface area contributed by atoms with Gasteiger partial charge in [0.2, 0.25) is 10.0 Å². The minimum absolute atomic E-state index is 0.0140. The number of nitrogens with one attached hydrogen (secondary N) is 1. The van der Waals surface area contributed by atoms with Crippen molar-refractivity contribution in [3.63, 3.8) is 0 Å². The van der Waals surface area contributed by atoms with E-state index in [9.17, 15) is 26.0 Å². The van der Waals surface area contributed by atoms with E-state index in [4.69, 9.17) is 4.74 Å². The normalized spacial score (nSPS) is 14.3. The summed E-state index contributed by atoms with van der Waals surface area (Å²) in [5, 5.41) is 0. The van der Waals surface area contributed by atoms with Gasteiger partial charge in [-0.1, -0.05) is 32.9 Å². The predicted molar refractivity (Wildman–Crippen MR) is 98.2 cm³/mol. The number of alkyl halides is 4. The van der Waals surface area contributed by atoms with Gasteiger partial charge in [0.1, 0.15) is 5.75 Å². The van der Waals surface area contributed by atoms with Crippen LogP contribution in [0.1, 0.15) is 45.7 Å². The Bertz CT molecular complexity index is 721. The molecule has 0 saturated heterocycles. The fourth-order valence-corrected chi connectivity index (χ4v) is 3.47. The van der Waals surface area contributed by atoms with E-state index in [0.717, 1.165) is 12.1 Å². The second kappa shape index (κ2) is 9.89. The molecule has 0 aliphatic heterocycles. The van der Waals surface area contributed by atoms with Crippen molar-refractivity contribution in [2.45, 2.75) is 52.7 Å². The largest absolute Gasteiger partial charge is 0.461 e. The average Bonchev–Trinajstić information content (AvgIpc) is 2.52. The molecule has 0 unspecified atom stereocenters. The molecule has 0 spiro atoms. The monoisotopic (exact) mass is 429 g/mol. The third kappa shape index (κ3) is 9.20. The van der Waals surface area contributed by atoms with Crippen LogP contribution in [0.15, 0.2) is 24.3 Å². The lowest BCUT2D eigenvalue weighted by molar-refractivity contribution is -0.253. The summed E-state index contributed by atoms with van der Waals surface area (Å²) in [5.74, 6) is -0.648. The topological polar surface area (TPSA) is 64.6 Å². The summed E-state index contributed by atoms with van der Waals surface area (Å²) in [7, 11) is -3.65. The van der Waals surface area contributed by atoms with E-state index in [1.165, 1.54) is 19.1 Å². The van der Waals surface area contributed by atoms with Gasteiger partial charge in [-0.3, -0.25) is 0 Å². The molecule has 0 fully saturated rings. The molecule has 10 heteroatoms. The summed E-state index contributed by atoms with van der Waals surface area (Å²) in [5.41, 5.74) is 0.287. The highest BCUT2D eigenvalue weighted by molar-refractivity contribution is 7.89. The molecule has 0 saturated carbocycles. The Kier molecular flexibility index (Phi) is 8.70. The number of sulfonamides is 1. The second-order valence-corrected chi connectivity index (χ2v) is 9.54. The second-order valence-electron chi connectivity index (χ2n) is 7.66. The first-order valence-electron chi connectivity index (χ1n) is 8.74. The van der Waals surface area contributed by atoms with Crippen LogP contribution in [0.2, 0.25) is 0 Å². The Morgan fingerprint density at radius 3 is 2.39 bits per heavy atom. The van der Waals surface area contributed by atoms with E-state index >= 15 is 0 Å². The van der Waals surface area contributed by atoms with Crippen LogP contribution in [0, 0.1) is 5.41 Å². The van der Waals surface area contributed by atoms with Gasteiger partial charge in [0.05, 0.1) is 12.4 Å². The van der Waals surface area contributed by atoms with E-state index in [1.807, 2.05) is 20.8 Å². The molecular weight excluding hydrogens is 402 g/mol. The van der Waals surface area contributed by atoms with Crippen LogP contribution in [0.25, 0.3) is 0 Å². The van der Waals surface area contributed by atoms with Crippen LogP contribution in [0.3, 0.4) is 0 Å². The van der Waals surface area contributed by atoms with Gasteiger partial charge in [0.25, 0.3) is 0 Å². The molecular formula is C18H27F4NO4S. The quantitative estimate of drug-likeness (QED) is 0.419. The van der Waals surface area contributed by atoms with Crippen LogP contribution in [-0.2, 0) is 14.8 Å². The number of hydrogen-bond acceptors (Lipinski definition) is 4. The fourth-order valence-electron chi connectivity index (χ4n) is 2.17. The number of benzene rings is 1. The summed E-state index contributed by atoms with van der Waals surface area (Å²) in [6.07, 6.45) is -8.32. The maximum Gasteiger partial charge on any atom is 0.461 e. The highest BCUT2D eigenvalue weighted by Gasteiger charge is 2.44. The van der Waals surface area contributed by atoms with Gasteiger partial charge in [-0.2, -0.15) is 17.6 Å². The summed E-state index contributed by atoms with van der Waals surface area (Å²) in [4.78, 5) is 0. The number of ether oxygens (including phenoxy) is 2. The highest BCUT2D eigenvalue weighted by atomic mass is 32.2. The number of rotatable bonds is 11. The Labute approximate surface area is 163 Å². The smallest absolute Gasteiger partial charge is 0.428 e. The minimum Gasteiger partial charge on any atom is -0.428 e. The first-order chi connectivity index (χ1) is 12.7. The van der Waals surface area contributed by atoms with Gasteiger partial charge in [-0.25, -0.2) is 13.1 Å². The summed E-state index contributed by atoms with van der Waals surface area (Å²) < 4.78 is 86.7. The Morgan fingerprint density at radius 1 is 1.18 bits per heavy atom. The van der Waals surface area contributed by atoms with Crippen molar-refractivity contribution in [3.05, 3.63) is 29.8 Å². The first-order valence-corrected chi connectivity index (χ1v) is 10.4. The van der Waals surface area contributed by atoms with E-state index in [0.29, 0.717) is 25.2 Å². The molecule has 1 N–H and O–H groups in total. The van der Waals surface area contributed by atoms with Crippen molar-refractivity contribution in [3.8, 4) is 5.75 Å². The molecule has 0 radical (unpaired) electrons. The third-order valence-electron chi connectivity index (χ3n) is 3.46. The van der Waals surface area contributed by atoms with Gasteiger partial charge < -0.3 is 9.47 Å². The highest BCUT2D eigenvalue weighted by Crippen LogP contribution is 2.29. The fraction of sp³-hybridized carbons (Fsp3) is 0.667. The summed E-state index contributed by atoms with van der Waals surface area (Å²) in [6.45, 7) is 8.31. The molecule has 0 heterocycles. The third-order valence-corrected chi connectivity index (χ3v) is 5.00. The van der Waals surface area contributed by atoms with Crippen LogP contribution in [0.4, 0.5) is 17.6 Å². The van der Waals surface area contributed by atoms with Crippen LogP contribution < -0.4 is 9.46 Å². The van der Waals surface area contributed by atoms with Crippen molar-refractivity contribution in [2.24, 2.45) is 5.41 Å². The van der Waals surface area contributed by atoms with Gasteiger partial charge in [0, 0.05) is 12.6 Å². The molecule has 0 aliphatic rings. The van der Waals surface area contributed by atoms with Crippen LogP contribution in [0.5, 0.6) is 5.75 Å². The molecule has 1 aromatic rings. The average molecular weight is 429 g/mol. The van der Waals surface area contributed by atoms with Gasteiger partial charge in [-0.05, 0) is 36.5 Å². The van der Waals surface area contributed by atoms with Crippen molar-refractivity contribution in [1.82, 2.24) is 4.72 Å². The molecule has 5 nitrogen and oxygen atoms in total. The lowest BCUT2D eigenvalue weighted by atomic mass is 9.99. The number of halogens is 4. The summed E-state index contributed by atoms with van der Waals surface area (Å²) in [6, 6.07) is 4.22. The maximum absolute atomic E-state index is 13.0. The van der Waals surface area contributed by atoms with Gasteiger partial charge in [0.15, 0.2) is 0 Å². The first kappa shape index (κ1) is 24.6. The molecule has 162 valence electrons. The van der Waals surface area contributed by atoms with Crippen molar-refractivity contribution < 1.29 is 35.5 Å². The SMILES string of the molecule is C[C@@H](NS(=O)(=O)CCCOCC(C)(C)C)c1cccc(OC(F)(F)C(F)F)c1. The summed E-state index contributed by atoms with van der Waals surface area (Å²) >= 11 is 0. The van der Waals surface area contributed by atoms with E-state index < -0.39 is 34.3 Å². The minimum atomic E-state index is -4.63. The lowest BCUT2D eigenvalue weighted by Gasteiger charge is -2.19. The van der Waals surface area contributed by atoms with Crippen molar-refractivity contribution in [1.29, 1.82) is 0 Å². The Balaban J connectivity index is 2.61. The predicted octanol–water partition coefficient (Wildman–Crippen LogP) is 4.36. The van der Waals surface area contributed by atoms with Crippen molar-refractivity contribution in [2.75, 3.05) is 19.0 Å². The molecule has 0 aromatic heterocycles. The molecule has 0 amide bonds.